The number of hydrogen-bond acceptors (Lipinski definition) is 3. The molecule has 140 valence electrons. The van der Waals surface area contributed by atoms with Crippen LogP contribution in [-0.4, -0.2) is 62.3 Å². The van der Waals surface area contributed by atoms with E-state index in [9.17, 15) is 4.79 Å². The molecule has 0 unspecified atom stereocenters. The van der Waals surface area contributed by atoms with Crippen molar-refractivity contribution in [3.05, 3.63) is 35.4 Å². The second-order valence-electron chi connectivity index (χ2n) is 6.85. The van der Waals surface area contributed by atoms with Crippen LogP contribution < -0.4 is 5.32 Å². The smallest absolute Gasteiger partial charge is 0.317 e. The summed E-state index contributed by atoms with van der Waals surface area (Å²) in [7, 11) is 1.75. The number of carbonyl (C=O) groups excluding carboxylic acids is 1. The molecule has 5 heteroatoms. The molecule has 5 nitrogen and oxygen atoms in total. The number of methoxy groups -OCH3 is 1. The van der Waals surface area contributed by atoms with Gasteiger partial charge in [0.25, 0.3) is 0 Å². The van der Waals surface area contributed by atoms with Crippen molar-refractivity contribution in [1.82, 2.24) is 15.1 Å². The first-order valence-electron chi connectivity index (χ1n) is 9.47. The Morgan fingerprint density at radius 1 is 1.16 bits per heavy atom. The van der Waals surface area contributed by atoms with Crippen LogP contribution in [0.5, 0.6) is 0 Å². The molecule has 0 spiro atoms. The molecule has 2 rings (SSSR count). The normalized spacial score (nSPS) is 16.7. The quantitative estimate of drug-likeness (QED) is 0.735. The van der Waals surface area contributed by atoms with Crippen LogP contribution in [0.3, 0.4) is 0 Å². The highest BCUT2D eigenvalue weighted by molar-refractivity contribution is 5.74. The number of carbonyl (C=O) groups is 1. The number of rotatable bonds is 8. The van der Waals surface area contributed by atoms with E-state index in [-0.39, 0.29) is 12.1 Å². The maximum Gasteiger partial charge on any atom is 0.317 e. The van der Waals surface area contributed by atoms with Crippen molar-refractivity contribution in [3.8, 4) is 0 Å². The lowest BCUT2D eigenvalue weighted by Crippen LogP contribution is -2.52. The van der Waals surface area contributed by atoms with E-state index in [4.69, 9.17) is 4.74 Å². The van der Waals surface area contributed by atoms with Crippen molar-refractivity contribution in [2.45, 2.75) is 39.2 Å². The first kappa shape index (κ1) is 19.7. The van der Waals surface area contributed by atoms with Crippen LogP contribution in [0.4, 0.5) is 4.79 Å². The van der Waals surface area contributed by atoms with Crippen molar-refractivity contribution < 1.29 is 9.53 Å². The van der Waals surface area contributed by atoms with Crippen molar-refractivity contribution in [2.75, 3.05) is 46.4 Å². The van der Waals surface area contributed by atoms with Crippen LogP contribution in [0.1, 0.15) is 43.4 Å². The third kappa shape index (κ3) is 6.33. The predicted molar refractivity (Wildman–Crippen MR) is 102 cm³/mol. The number of piperazine rings is 1. The Morgan fingerprint density at radius 3 is 2.44 bits per heavy atom. The van der Waals surface area contributed by atoms with Gasteiger partial charge in [0.2, 0.25) is 0 Å². The highest BCUT2D eigenvalue weighted by atomic mass is 16.5. The maximum atomic E-state index is 12.6. The van der Waals surface area contributed by atoms with Gasteiger partial charge in [-0.05, 0) is 38.3 Å². The van der Waals surface area contributed by atoms with Crippen LogP contribution in [0.2, 0.25) is 0 Å². The average Bonchev–Trinajstić information content (AvgIpc) is 2.64. The first-order chi connectivity index (χ1) is 12.1. The zero-order valence-electron chi connectivity index (χ0n) is 16.0. The van der Waals surface area contributed by atoms with E-state index in [1.54, 1.807) is 7.11 Å². The van der Waals surface area contributed by atoms with Crippen LogP contribution >= 0.6 is 0 Å². The third-order valence-electron chi connectivity index (χ3n) is 4.92. The van der Waals surface area contributed by atoms with Crippen molar-refractivity contribution in [2.24, 2.45) is 0 Å². The van der Waals surface area contributed by atoms with Gasteiger partial charge in [0.1, 0.15) is 0 Å². The van der Waals surface area contributed by atoms with E-state index in [0.29, 0.717) is 0 Å². The Kier molecular flexibility index (Phi) is 8.22. The number of hydrogen-bond donors (Lipinski definition) is 1. The Hall–Kier alpha value is -1.59. The summed E-state index contributed by atoms with van der Waals surface area (Å²) in [5, 5.41) is 3.20. The summed E-state index contributed by atoms with van der Waals surface area (Å²) in [6.07, 6.45) is 3.16. The van der Waals surface area contributed by atoms with E-state index in [1.807, 2.05) is 4.90 Å². The molecule has 1 aromatic rings. The average molecular weight is 348 g/mol. The van der Waals surface area contributed by atoms with Gasteiger partial charge in [-0.3, -0.25) is 4.90 Å². The van der Waals surface area contributed by atoms with Crippen LogP contribution in [0, 0.1) is 6.92 Å². The molecule has 1 aliphatic rings. The topological polar surface area (TPSA) is 44.8 Å². The summed E-state index contributed by atoms with van der Waals surface area (Å²) < 4.78 is 5.09. The number of nitrogens with one attached hydrogen (secondary N) is 1. The van der Waals surface area contributed by atoms with Gasteiger partial charge in [0, 0.05) is 39.9 Å². The van der Waals surface area contributed by atoms with Gasteiger partial charge >= 0.3 is 6.03 Å². The van der Waals surface area contributed by atoms with Gasteiger partial charge in [-0.2, -0.15) is 0 Å². The molecule has 0 aromatic heterocycles. The number of aryl methyl sites for hydroxylation is 1. The molecule has 1 atom stereocenters. The van der Waals surface area contributed by atoms with Gasteiger partial charge < -0.3 is 15.0 Å². The zero-order valence-corrected chi connectivity index (χ0v) is 16.0. The lowest BCUT2D eigenvalue weighted by Gasteiger charge is -2.35. The number of nitrogens with zero attached hydrogens (tertiary/aromatic N) is 2. The fourth-order valence-corrected chi connectivity index (χ4v) is 3.22. The minimum atomic E-state index is 0.0615. The van der Waals surface area contributed by atoms with E-state index >= 15 is 0 Å². The second-order valence-corrected chi connectivity index (χ2v) is 6.85. The number of benzene rings is 1. The Labute approximate surface area is 152 Å². The predicted octanol–water partition coefficient (Wildman–Crippen LogP) is 3.20. The third-order valence-corrected chi connectivity index (χ3v) is 4.92. The van der Waals surface area contributed by atoms with Crippen molar-refractivity contribution >= 4 is 6.03 Å². The fourth-order valence-electron chi connectivity index (χ4n) is 3.22. The van der Waals surface area contributed by atoms with Crippen LogP contribution in [0.15, 0.2) is 24.3 Å². The summed E-state index contributed by atoms with van der Waals surface area (Å²) in [4.78, 5) is 17.0. The maximum absolute atomic E-state index is 12.6. The highest BCUT2D eigenvalue weighted by Crippen LogP contribution is 2.18. The summed E-state index contributed by atoms with van der Waals surface area (Å²) in [5.74, 6) is 0. The van der Waals surface area contributed by atoms with E-state index < -0.39 is 0 Å². The number of urea groups is 1. The van der Waals surface area contributed by atoms with Gasteiger partial charge in [-0.15, -0.1) is 0 Å². The molecule has 1 saturated heterocycles. The number of amides is 2. The molecular weight excluding hydrogens is 314 g/mol. The molecule has 0 saturated carbocycles. The molecule has 1 heterocycles. The van der Waals surface area contributed by atoms with Crippen LogP contribution in [0.25, 0.3) is 0 Å². The lowest BCUT2D eigenvalue weighted by atomic mass is 10.0. The first-order valence-corrected chi connectivity index (χ1v) is 9.47. The monoisotopic (exact) mass is 347 g/mol. The summed E-state index contributed by atoms with van der Waals surface area (Å²) in [5.41, 5.74) is 2.42. The Morgan fingerprint density at radius 2 is 1.84 bits per heavy atom. The molecule has 1 aromatic carbocycles. The molecule has 0 aliphatic carbocycles. The van der Waals surface area contributed by atoms with Crippen LogP contribution in [-0.2, 0) is 4.74 Å². The zero-order chi connectivity index (χ0) is 18.1. The lowest BCUT2D eigenvalue weighted by molar-refractivity contribution is 0.131. The number of unbranched alkanes of at least 4 members (excludes halogenated alkanes) is 1. The fraction of sp³-hybridized carbons (Fsp3) is 0.650. The highest BCUT2D eigenvalue weighted by Gasteiger charge is 2.22. The van der Waals surface area contributed by atoms with Gasteiger partial charge in [0.05, 0.1) is 6.04 Å². The van der Waals surface area contributed by atoms with Crippen molar-refractivity contribution in [1.29, 1.82) is 0 Å². The molecule has 1 N–H and O–H groups in total. The summed E-state index contributed by atoms with van der Waals surface area (Å²) in [6.45, 7) is 9.66. The molecular formula is C20H33N3O2. The molecule has 1 aliphatic heterocycles. The summed E-state index contributed by atoms with van der Waals surface area (Å²) >= 11 is 0. The standard InChI is InChI=1S/C20H33N3O2/c1-4-19(18-9-7-17(2)8-10-18)21-20(24)23-14-12-22(13-15-23)11-5-6-16-25-3/h7-10,19H,4-6,11-16H2,1-3H3,(H,21,24)/t19-/m1/s1. The minimum Gasteiger partial charge on any atom is -0.385 e. The molecule has 2 amide bonds. The largest absolute Gasteiger partial charge is 0.385 e. The minimum absolute atomic E-state index is 0.0615. The van der Waals surface area contributed by atoms with Gasteiger partial charge in [0.15, 0.2) is 0 Å². The second kappa shape index (κ2) is 10.4. The number of ether oxygens (including phenoxy) is 1. The Balaban J connectivity index is 1.76. The van der Waals surface area contributed by atoms with E-state index in [2.05, 4.69) is 48.3 Å². The SMILES string of the molecule is CC[C@@H](NC(=O)N1CCN(CCCCOC)CC1)c1ccc(C)cc1. The van der Waals surface area contributed by atoms with Gasteiger partial charge in [-0.25, -0.2) is 4.79 Å². The van der Waals surface area contributed by atoms with E-state index in [1.165, 1.54) is 11.1 Å². The molecule has 25 heavy (non-hydrogen) atoms. The Bertz CT molecular complexity index is 510. The summed E-state index contributed by atoms with van der Waals surface area (Å²) in [6, 6.07) is 8.58. The van der Waals surface area contributed by atoms with Crippen molar-refractivity contribution in [3.63, 3.8) is 0 Å². The van der Waals surface area contributed by atoms with Gasteiger partial charge in [-0.1, -0.05) is 36.8 Å². The molecule has 1 fully saturated rings. The molecule has 0 radical (unpaired) electrons. The van der Waals surface area contributed by atoms with E-state index in [0.717, 1.165) is 58.6 Å². The molecule has 0 bridgehead atoms.